The Labute approximate surface area is 162 Å². The average molecular weight is 375 g/mol. The third kappa shape index (κ3) is 3.73. The first-order chi connectivity index (χ1) is 13.7. The van der Waals surface area contributed by atoms with Crippen LogP contribution in [0.3, 0.4) is 0 Å². The van der Waals surface area contributed by atoms with E-state index in [-0.39, 0.29) is 5.91 Å². The number of carbonyl (C=O) groups is 1. The normalized spacial score (nSPS) is 10.9. The second-order valence-electron chi connectivity index (χ2n) is 6.43. The highest BCUT2D eigenvalue weighted by Crippen LogP contribution is 2.31. The molecule has 0 aliphatic heterocycles. The molecule has 1 amide bonds. The fourth-order valence-electron chi connectivity index (χ4n) is 2.96. The van der Waals surface area contributed by atoms with Gasteiger partial charge in [0.05, 0.1) is 0 Å². The van der Waals surface area contributed by atoms with Crippen LogP contribution in [-0.2, 0) is 6.54 Å². The van der Waals surface area contributed by atoms with Gasteiger partial charge < -0.3 is 20.0 Å². The minimum atomic E-state index is -0.206. The highest BCUT2D eigenvalue weighted by Gasteiger charge is 2.15. The maximum Gasteiger partial charge on any atom is 0.287 e. The second-order valence-corrected chi connectivity index (χ2v) is 6.43. The molecule has 7 nitrogen and oxygen atoms in total. The summed E-state index contributed by atoms with van der Waals surface area (Å²) in [5.41, 5.74) is 2.68. The molecule has 3 N–H and O–H groups in total. The van der Waals surface area contributed by atoms with Crippen LogP contribution in [0.25, 0.3) is 22.4 Å². The predicted octanol–water partition coefficient (Wildman–Crippen LogP) is 3.97. The van der Waals surface area contributed by atoms with Gasteiger partial charge in [0.15, 0.2) is 5.76 Å². The number of nitrogens with zero attached hydrogens (tertiary/aromatic N) is 2. The van der Waals surface area contributed by atoms with Gasteiger partial charge in [0, 0.05) is 42.6 Å². The van der Waals surface area contributed by atoms with Crippen LogP contribution in [-0.4, -0.2) is 27.4 Å². The van der Waals surface area contributed by atoms with Crippen LogP contribution >= 0.6 is 0 Å². The van der Waals surface area contributed by atoms with Crippen molar-refractivity contribution in [2.45, 2.75) is 19.9 Å². The van der Waals surface area contributed by atoms with Crippen molar-refractivity contribution >= 4 is 22.8 Å². The molecular weight excluding hydrogens is 354 g/mol. The van der Waals surface area contributed by atoms with Gasteiger partial charge in [0.25, 0.3) is 5.91 Å². The lowest BCUT2D eigenvalue weighted by Crippen LogP contribution is -2.23. The summed E-state index contributed by atoms with van der Waals surface area (Å²) in [4.78, 5) is 24.0. The van der Waals surface area contributed by atoms with E-state index in [1.54, 1.807) is 12.3 Å². The van der Waals surface area contributed by atoms with E-state index < -0.39 is 0 Å². The zero-order chi connectivity index (χ0) is 19.3. The molecule has 4 heterocycles. The van der Waals surface area contributed by atoms with Gasteiger partial charge in [-0.2, -0.15) is 0 Å². The molecule has 0 radical (unpaired) electrons. The minimum absolute atomic E-state index is 0.206. The highest BCUT2D eigenvalue weighted by molar-refractivity contribution is 5.95. The van der Waals surface area contributed by atoms with Gasteiger partial charge in [-0.15, -0.1) is 0 Å². The Kier molecular flexibility index (Phi) is 5.05. The van der Waals surface area contributed by atoms with Gasteiger partial charge in [0.2, 0.25) is 0 Å². The van der Waals surface area contributed by atoms with E-state index in [0.717, 1.165) is 28.6 Å². The summed E-state index contributed by atoms with van der Waals surface area (Å²) in [6.45, 7) is 3.23. The quantitative estimate of drug-likeness (QED) is 0.454. The Hall–Kier alpha value is -3.61. The smallest absolute Gasteiger partial charge is 0.287 e. The molecule has 0 fully saturated rings. The zero-order valence-electron chi connectivity index (χ0n) is 15.5. The number of rotatable bonds is 7. The molecule has 0 aliphatic rings. The Morgan fingerprint density at radius 2 is 2.18 bits per heavy atom. The van der Waals surface area contributed by atoms with Gasteiger partial charge in [-0.3, -0.25) is 9.78 Å². The van der Waals surface area contributed by atoms with E-state index in [1.807, 2.05) is 49.6 Å². The number of amides is 1. The summed E-state index contributed by atoms with van der Waals surface area (Å²) in [5.74, 6) is 1.43. The first-order valence-corrected chi connectivity index (χ1v) is 9.24. The molecule has 142 valence electrons. The van der Waals surface area contributed by atoms with Crippen molar-refractivity contribution in [3.05, 3.63) is 66.3 Å². The SMILES string of the molecule is CCCNC(=O)c1ccc(-c2cc(NCc3cccnc3)nc3[nH]ccc23)o1. The van der Waals surface area contributed by atoms with Crippen molar-refractivity contribution in [2.75, 3.05) is 11.9 Å². The Morgan fingerprint density at radius 1 is 1.25 bits per heavy atom. The number of nitrogens with one attached hydrogen (secondary N) is 3. The monoisotopic (exact) mass is 375 g/mol. The largest absolute Gasteiger partial charge is 0.451 e. The summed E-state index contributed by atoms with van der Waals surface area (Å²) < 4.78 is 5.83. The molecule has 4 aromatic heterocycles. The van der Waals surface area contributed by atoms with Crippen LogP contribution < -0.4 is 10.6 Å². The van der Waals surface area contributed by atoms with E-state index in [2.05, 4.69) is 25.6 Å². The summed E-state index contributed by atoms with van der Waals surface area (Å²) >= 11 is 0. The third-order valence-corrected chi connectivity index (χ3v) is 4.36. The molecule has 0 saturated heterocycles. The van der Waals surface area contributed by atoms with Crippen LogP contribution in [0.5, 0.6) is 0 Å². The van der Waals surface area contributed by atoms with Gasteiger partial charge in [0.1, 0.15) is 17.2 Å². The second kappa shape index (κ2) is 7.96. The van der Waals surface area contributed by atoms with E-state index in [9.17, 15) is 4.79 Å². The molecule has 4 rings (SSSR count). The first-order valence-electron chi connectivity index (χ1n) is 9.24. The number of furan rings is 1. The maximum atomic E-state index is 12.1. The molecule has 0 spiro atoms. The first kappa shape index (κ1) is 17.8. The number of carbonyl (C=O) groups excluding carboxylic acids is 1. The fourth-order valence-corrected chi connectivity index (χ4v) is 2.96. The van der Waals surface area contributed by atoms with Gasteiger partial charge in [-0.05, 0) is 42.3 Å². The van der Waals surface area contributed by atoms with Crippen molar-refractivity contribution < 1.29 is 9.21 Å². The van der Waals surface area contributed by atoms with E-state index >= 15 is 0 Å². The molecule has 0 saturated carbocycles. The summed E-state index contributed by atoms with van der Waals surface area (Å²) in [6.07, 6.45) is 6.27. The standard InChI is InChI=1S/C21H21N5O2/c1-2-8-24-21(27)18-6-5-17(28-18)16-11-19(26-20-15(16)7-10-23-20)25-13-14-4-3-9-22-12-14/h3-7,9-12H,2,8,13H2,1H3,(H,24,27)(H2,23,25,26). The number of hydrogen-bond acceptors (Lipinski definition) is 5. The minimum Gasteiger partial charge on any atom is -0.451 e. The molecule has 0 aromatic carbocycles. The molecule has 4 aromatic rings. The van der Waals surface area contributed by atoms with E-state index in [4.69, 9.17) is 4.42 Å². The average Bonchev–Trinajstić information content (AvgIpc) is 3.40. The van der Waals surface area contributed by atoms with Crippen LogP contribution in [0.1, 0.15) is 29.5 Å². The predicted molar refractivity (Wildman–Crippen MR) is 108 cm³/mol. The van der Waals surface area contributed by atoms with E-state index in [0.29, 0.717) is 30.4 Å². The molecule has 0 bridgehead atoms. The van der Waals surface area contributed by atoms with Crippen molar-refractivity contribution in [2.24, 2.45) is 0 Å². The van der Waals surface area contributed by atoms with Crippen molar-refractivity contribution in [1.29, 1.82) is 0 Å². The van der Waals surface area contributed by atoms with Gasteiger partial charge >= 0.3 is 0 Å². The van der Waals surface area contributed by atoms with Crippen LogP contribution in [0.2, 0.25) is 0 Å². The highest BCUT2D eigenvalue weighted by atomic mass is 16.3. The number of fused-ring (bicyclic) bond motifs is 1. The summed E-state index contributed by atoms with van der Waals surface area (Å²) in [5, 5.41) is 7.08. The topological polar surface area (TPSA) is 95.8 Å². The van der Waals surface area contributed by atoms with Gasteiger partial charge in [-0.1, -0.05) is 13.0 Å². The molecule has 0 atom stereocenters. The summed E-state index contributed by atoms with van der Waals surface area (Å²) in [6, 6.07) is 11.3. The van der Waals surface area contributed by atoms with Crippen molar-refractivity contribution in [3.63, 3.8) is 0 Å². The lowest BCUT2D eigenvalue weighted by Gasteiger charge is -2.08. The fraction of sp³-hybridized carbons (Fsp3) is 0.190. The van der Waals surface area contributed by atoms with Crippen LogP contribution in [0, 0.1) is 0 Å². The Balaban J connectivity index is 1.62. The summed E-state index contributed by atoms with van der Waals surface area (Å²) in [7, 11) is 0. The molecule has 28 heavy (non-hydrogen) atoms. The lowest BCUT2D eigenvalue weighted by atomic mass is 10.1. The molecular formula is C21H21N5O2. The number of hydrogen-bond donors (Lipinski definition) is 3. The van der Waals surface area contributed by atoms with Crippen molar-refractivity contribution in [1.82, 2.24) is 20.3 Å². The number of aromatic nitrogens is 3. The van der Waals surface area contributed by atoms with E-state index in [1.165, 1.54) is 0 Å². The number of pyridine rings is 2. The lowest BCUT2D eigenvalue weighted by molar-refractivity contribution is 0.0927. The number of anilines is 1. The maximum absolute atomic E-state index is 12.1. The van der Waals surface area contributed by atoms with Crippen molar-refractivity contribution in [3.8, 4) is 11.3 Å². The number of aromatic amines is 1. The van der Waals surface area contributed by atoms with Crippen LogP contribution in [0.4, 0.5) is 5.82 Å². The van der Waals surface area contributed by atoms with Crippen LogP contribution in [0.15, 0.2) is 59.4 Å². The Bertz CT molecular complexity index is 1080. The third-order valence-electron chi connectivity index (χ3n) is 4.36. The molecule has 0 aliphatic carbocycles. The molecule has 7 heteroatoms. The molecule has 0 unspecified atom stereocenters. The van der Waals surface area contributed by atoms with Gasteiger partial charge in [-0.25, -0.2) is 4.98 Å². The number of H-pyrrole nitrogens is 1. The Morgan fingerprint density at radius 3 is 3.00 bits per heavy atom. The zero-order valence-corrected chi connectivity index (χ0v) is 15.5.